The van der Waals surface area contributed by atoms with Crippen molar-refractivity contribution in [3.63, 3.8) is 0 Å². The second kappa shape index (κ2) is 11.4. The van der Waals surface area contributed by atoms with E-state index in [-0.39, 0.29) is 24.1 Å². The summed E-state index contributed by atoms with van der Waals surface area (Å²) in [6, 6.07) is 21.0. The number of alkyl halides is 3. The fraction of sp³-hybridized carbons (Fsp3) is 0.258. The number of halogens is 3. The number of fused-ring (bicyclic) bond motifs is 1. The van der Waals surface area contributed by atoms with E-state index in [1.807, 2.05) is 42.5 Å². The summed E-state index contributed by atoms with van der Waals surface area (Å²) in [7, 11) is 0. The minimum absolute atomic E-state index is 0.0858. The fourth-order valence-electron chi connectivity index (χ4n) is 5.11. The number of carbonyl (C=O) groups excluding carboxylic acids is 3. The summed E-state index contributed by atoms with van der Waals surface area (Å²) in [5.41, 5.74) is 1.45. The minimum atomic E-state index is -4.53. The Balaban J connectivity index is 1.23. The van der Waals surface area contributed by atoms with Crippen LogP contribution in [0.15, 0.2) is 91.0 Å². The highest BCUT2D eigenvalue weighted by molar-refractivity contribution is 5.91. The van der Waals surface area contributed by atoms with Gasteiger partial charge in [-0.1, -0.05) is 54.6 Å². The Morgan fingerprint density at radius 3 is 2.40 bits per heavy atom. The summed E-state index contributed by atoms with van der Waals surface area (Å²) in [6.07, 6.45) is -2.34. The molecule has 1 saturated heterocycles. The molecule has 0 amide bonds. The second-order valence-electron chi connectivity index (χ2n) is 9.74. The maximum atomic E-state index is 13.0. The van der Waals surface area contributed by atoms with Crippen LogP contribution >= 0.6 is 0 Å². The van der Waals surface area contributed by atoms with Crippen molar-refractivity contribution in [3.8, 4) is 16.9 Å². The predicted molar refractivity (Wildman–Crippen MR) is 138 cm³/mol. The number of benzene rings is 3. The Hall–Kier alpha value is -4.40. The van der Waals surface area contributed by atoms with Crippen LogP contribution in [-0.4, -0.2) is 36.5 Å². The fourth-order valence-corrected chi connectivity index (χ4v) is 5.11. The van der Waals surface area contributed by atoms with Gasteiger partial charge in [-0.3, -0.25) is 9.59 Å². The van der Waals surface area contributed by atoms with E-state index in [4.69, 9.17) is 14.2 Å². The van der Waals surface area contributed by atoms with E-state index in [0.29, 0.717) is 12.0 Å². The number of ether oxygens (including phenoxy) is 3. The maximum Gasteiger partial charge on any atom is 0.416 e. The van der Waals surface area contributed by atoms with Crippen LogP contribution in [0.25, 0.3) is 11.1 Å². The first kappa shape index (κ1) is 27.2. The molecule has 1 heterocycles. The van der Waals surface area contributed by atoms with Crippen molar-refractivity contribution in [2.45, 2.75) is 31.2 Å². The third-order valence-corrected chi connectivity index (χ3v) is 7.08. The Bertz CT molecular complexity index is 1410. The van der Waals surface area contributed by atoms with E-state index < -0.39 is 48.2 Å². The number of rotatable bonds is 8. The molecule has 40 heavy (non-hydrogen) atoms. The van der Waals surface area contributed by atoms with Gasteiger partial charge in [0.1, 0.15) is 18.0 Å². The topological polar surface area (TPSA) is 78.9 Å². The van der Waals surface area contributed by atoms with Crippen molar-refractivity contribution >= 4 is 17.7 Å². The SMILES string of the molecule is O=C(C=CC1C(OC(=O)c2ccc(-c3ccccc3)cc2)CC2OC(=O)CC21)COc1cccc(C(F)(F)F)c1. The largest absolute Gasteiger partial charge is 0.485 e. The average Bonchev–Trinajstić information content (AvgIpc) is 3.46. The molecule has 0 radical (unpaired) electrons. The molecule has 0 bridgehead atoms. The van der Waals surface area contributed by atoms with Gasteiger partial charge in [-0.25, -0.2) is 4.79 Å². The molecule has 1 saturated carbocycles. The van der Waals surface area contributed by atoms with Crippen LogP contribution in [0.5, 0.6) is 5.75 Å². The zero-order valence-corrected chi connectivity index (χ0v) is 21.2. The summed E-state index contributed by atoms with van der Waals surface area (Å²) in [5, 5.41) is 0. The van der Waals surface area contributed by atoms with Gasteiger partial charge in [0, 0.05) is 18.3 Å². The summed E-state index contributed by atoms with van der Waals surface area (Å²) in [4.78, 5) is 37.3. The van der Waals surface area contributed by atoms with E-state index in [9.17, 15) is 27.6 Å². The molecule has 9 heteroatoms. The van der Waals surface area contributed by atoms with E-state index in [1.54, 1.807) is 18.2 Å². The smallest absolute Gasteiger partial charge is 0.416 e. The maximum absolute atomic E-state index is 13.0. The summed E-state index contributed by atoms with van der Waals surface area (Å²) in [5.74, 6) is -2.19. The Kier molecular flexibility index (Phi) is 7.73. The van der Waals surface area contributed by atoms with Crippen molar-refractivity contribution in [2.24, 2.45) is 11.8 Å². The third kappa shape index (κ3) is 6.25. The van der Waals surface area contributed by atoms with Gasteiger partial charge in [0.2, 0.25) is 0 Å². The molecule has 206 valence electrons. The third-order valence-electron chi connectivity index (χ3n) is 7.08. The summed E-state index contributed by atoms with van der Waals surface area (Å²) < 4.78 is 55.2. The highest BCUT2D eigenvalue weighted by Gasteiger charge is 2.50. The van der Waals surface area contributed by atoms with Gasteiger partial charge in [-0.05, 0) is 47.5 Å². The number of hydrogen-bond acceptors (Lipinski definition) is 6. The second-order valence-corrected chi connectivity index (χ2v) is 9.74. The standard InChI is InChI=1S/C31H25F3O6/c32-31(33,34)22-7-4-8-24(15-22)38-18-23(35)13-14-25-26-16-29(36)39-28(26)17-27(25)40-30(37)21-11-9-20(10-12-21)19-5-2-1-3-6-19/h1-15,25-28H,16-18H2. The van der Waals surface area contributed by atoms with Crippen LogP contribution in [0.2, 0.25) is 0 Å². The number of ketones is 1. The number of carbonyl (C=O) groups is 3. The van der Waals surface area contributed by atoms with Crippen molar-refractivity contribution in [3.05, 3.63) is 102 Å². The van der Waals surface area contributed by atoms with E-state index in [2.05, 4.69) is 0 Å². The molecular weight excluding hydrogens is 525 g/mol. The first-order chi connectivity index (χ1) is 19.2. The lowest BCUT2D eigenvalue weighted by molar-refractivity contribution is -0.142. The molecule has 6 nitrogen and oxygen atoms in total. The lowest BCUT2D eigenvalue weighted by Gasteiger charge is -2.20. The van der Waals surface area contributed by atoms with Gasteiger partial charge in [0.25, 0.3) is 0 Å². The van der Waals surface area contributed by atoms with Crippen LogP contribution in [0.3, 0.4) is 0 Å². The van der Waals surface area contributed by atoms with Gasteiger partial charge in [0.15, 0.2) is 12.4 Å². The number of esters is 2. The van der Waals surface area contributed by atoms with Crippen LogP contribution in [0.4, 0.5) is 13.2 Å². The molecule has 3 aromatic carbocycles. The van der Waals surface area contributed by atoms with Gasteiger partial charge in [0.05, 0.1) is 17.5 Å². The monoisotopic (exact) mass is 550 g/mol. The van der Waals surface area contributed by atoms with Gasteiger partial charge < -0.3 is 14.2 Å². The zero-order valence-electron chi connectivity index (χ0n) is 21.2. The van der Waals surface area contributed by atoms with E-state index in [1.165, 1.54) is 18.2 Å². The molecule has 2 aliphatic rings. The van der Waals surface area contributed by atoms with E-state index >= 15 is 0 Å². The van der Waals surface area contributed by atoms with Crippen molar-refractivity contribution in [1.82, 2.24) is 0 Å². The molecule has 2 fully saturated rings. The molecule has 3 aromatic rings. The quantitative estimate of drug-likeness (QED) is 0.251. The average molecular weight is 551 g/mol. The van der Waals surface area contributed by atoms with Crippen LogP contribution < -0.4 is 4.74 Å². The van der Waals surface area contributed by atoms with Gasteiger partial charge in [-0.15, -0.1) is 0 Å². The number of hydrogen-bond donors (Lipinski definition) is 0. The highest BCUT2D eigenvalue weighted by atomic mass is 19.4. The molecule has 5 rings (SSSR count). The molecule has 1 aliphatic heterocycles. The lowest BCUT2D eigenvalue weighted by Crippen LogP contribution is -2.25. The van der Waals surface area contributed by atoms with Crippen molar-refractivity contribution < 1.29 is 41.8 Å². The zero-order chi connectivity index (χ0) is 28.3. The minimum Gasteiger partial charge on any atom is -0.485 e. The lowest BCUT2D eigenvalue weighted by atomic mass is 9.91. The van der Waals surface area contributed by atoms with Crippen LogP contribution in [0.1, 0.15) is 28.8 Å². The Morgan fingerprint density at radius 1 is 0.950 bits per heavy atom. The summed E-state index contributed by atoms with van der Waals surface area (Å²) >= 11 is 0. The summed E-state index contributed by atoms with van der Waals surface area (Å²) in [6.45, 7) is -0.480. The first-order valence-corrected chi connectivity index (χ1v) is 12.7. The van der Waals surface area contributed by atoms with Crippen molar-refractivity contribution in [2.75, 3.05) is 6.61 Å². The Labute approximate surface area is 228 Å². The van der Waals surface area contributed by atoms with Crippen LogP contribution in [0, 0.1) is 11.8 Å². The normalized spacial score (nSPS) is 22.1. The Morgan fingerprint density at radius 2 is 1.68 bits per heavy atom. The highest BCUT2D eigenvalue weighted by Crippen LogP contribution is 2.43. The van der Waals surface area contributed by atoms with Gasteiger partial charge >= 0.3 is 18.1 Å². The molecule has 0 N–H and O–H groups in total. The van der Waals surface area contributed by atoms with E-state index in [0.717, 1.165) is 23.3 Å². The van der Waals surface area contributed by atoms with Crippen molar-refractivity contribution in [1.29, 1.82) is 0 Å². The molecule has 0 aromatic heterocycles. The molecule has 0 spiro atoms. The molecular formula is C31H25F3O6. The molecule has 4 atom stereocenters. The van der Waals surface area contributed by atoms with Gasteiger partial charge in [-0.2, -0.15) is 13.2 Å². The predicted octanol–water partition coefficient (Wildman–Crippen LogP) is 6.05. The van der Waals surface area contributed by atoms with Crippen LogP contribution in [-0.2, 0) is 25.2 Å². The first-order valence-electron chi connectivity index (χ1n) is 12.7. The molecule has 1 aliphatic carbocycles. The molecule has 4 unspecified atom stereocenters.